The molecule has 0 aromatic heterocycles. The highest BCUT2D eigenvalue weighted by atomic mass is 35.5. The van der Waals surface area contributed by atoms with E-state index in [0.717, 1.165) is 11.7 Å². The maximum atomic E-state index is 14.2. The molecular formula is C24H27B2ClFN2O4. The lowest BCUT2D eigenvalue weighted by molar-refractivity contribution is -0.138. The number of aliphatic hydroxyl groups is 1. The van der Waals surface area contributed by atoms with Gasteiger partial charge in [-0.25, -0.2) is 4.39 Å². The number of rotatable bonds is 7. The predicted octanol–water partition coefficient (Wildman–Crippen LogP) is 2.65. The normalized spacial score (nSPS) is 22.6. The van der Waals surface area contributed by atoms with Crippen molar-refractivity contribution in [2.24, 2.45) is 5.92 Å². The van der Waals surface area contributed by atoms with Gasteiger partial charge in [-0.2, -0.15) is 0 Å². The molecule has 177 valence electrons. The summed E-state index contributed by atoms with van der Waals surface area (Å²) in [6, 6.07) is 11.6. The van der Waals surface area contributed by atoms with Crippen LogP contribution in [0.25, 0.3) is 11.1 Å². The molecule has 2 aromatic rings. The van der Waals surface area contributed by atoms with E-state index in [2.05, 4.69) is 0 Å². The van der Waals surface area contributed by atoms with Crippen molar-refractivity contribution in [2.75, 3.05) is 13.1 Å². The minimum absolute atomic E-state index is 0.243. The maximum Gasteiger partial charge on any atom is 0.412 e. The zero-order valence-electron chi connectivity index (χ0n) is 19.0. The number of halogens is 2. The number of amides is 1. The van der Waals surface area contributed by atoms with Crippen LogP contribution in [0, 0.1) is 11.7 Å². The third-order valence-corrected chi connectivity index (χ3v) is 7.34. The summed E-state index contributed by atoms with van der Waals surface area (Å²) in [5, 5.41) is 22.1. The second-order valence-corrected chi connectivity index (χ2v) is 9.71. The Morgan fingerprint density at radius 3 is 2.53 bits per heavy atom. The summed E-state index contributed by atoms with van der Waals surface area (Å²) in [5.74, 6) is -1.20. The van der Waals surface area contributed by atoms with Crippen molar-refractivity contribution < 1.29 is 24.1 Å². The minimum Gasteiger partial charge on any atom is -0.432 e. The number of nitrogens with zero attached hydrogens (tertiary/aromatic N) is 2. The van der Waals surface area contributed by atoms with Crippen molar-refractivity contribution in [1.82, 2.24) is 9.62 Å². The molecule has 2 atom stereocenters. The first-order chi connectivity index (χ1) is 16.2. The van der Waals surface area contributed by atoms with Gasteiger partial charge in [0.2, 0.25) is 5.91 Å². The molecule has 0 saturated carbocycles. The van der Waals surface area contributed by atoms with E-state index >= 15 is 0 Å². The molecule has 0 aliphatic carbocycles. The van der Waals surface area contributed by atoms with E-state index in [1.165, 1.54) is 24.4 Å². The zero-order valence-corrected chi connectivity index (χ0v) is 19.8. The first-order valence-corrected chi connectivity index (χ1v) is 11.9. The summed E-state index contributed by atoms with van der Waals surface area (Å²) in [4.78, 5) is 27.3. The van der Waals surface area contributed by atoms with Gasteiger partial charge in [0.15, 0.2) is 0 Å². The second kappa shape index (κ2) is 10.2. The lowest BCUT2D eigenvalue weighted by Gasteiger charge is -2.40. The Labute approximate surface area is 205 Å². The van der Waals surface area contributed by atoms with Gasteiger partial charge >= 0.3 is 7.05 Å². The molecule has 2 heterocycles. The van der Waals surface area contributed by atoms with Crippen LogP contribution in [0.3, 0.4) is 0 Å². The molecule has 2 aromatic carbocycles. The van der Waals surface area contributed by atoms with Gasteiger partial charge in [0.1, 0.15) is 5.82 Å². The molecule has 0 spiro atoms. The molecule has 2 aliphatic heterocycles. The molecule has 34 heavy (non-hydrogen) atoms. The van der Waals surface area contributed by atoms with Gasteiger partial charge < -0.3 is 24.5 Å². The summed E-state index contributed by atoms with van der Waals surface area (Å²) in [7, 11) is 0.481. The fourth-order valence-corrected chi connectivity index (χ4v) is 5.44. The Bertz CT molecular complexity index is 1050. The van der Waals surface area contributed by atoms with Gasteiger partial charge in [0.05, 0.1) is 17.7 Å². The topological polar surface area (TPSA) is 81.1 Å². The average Bonchev–Trinajstić information content (AvgIpc) is 3.14. The van der Waals surface area contributed by atoms with Crippen LogP contribution >= 0.6 is 11.6 Å². The summed E-state index contributed by atoms with van der Waals surface area (Å²) < 4.78 is 14.2. The van der Waals surface area contributed by atoms with Gasteiger partial charge in [-0.1, -0.05) is 35.9 Å². The highest BCUT2D eigenvalue weighted by molar-refractivity contribution is 6.64. The summed E-state index contributed by atoms with van der Waals surface area (Å²) in [6.45, 7) is 2.56. The Morgan fingerprint density at radius 1 is 1.24 bits per heavy atom. The summed E-state index contributed by atoms with van der Waals surface area (Å²) >= 11 is 6.02. The van der Waals surface area contributed by atoms with Crippen molar-refractivity contribution in [1.29, 1.82) is 0 Å². The van der Waals surface area contributed by atoms with E-state index in [4.69, 9.17) is 11.6 Å². The number of piperidine rings is 1. The van der Waals surface area contributed by atoms with Crippen LogP contribution in [-0.2, 0) is 16.0 Å². The second-order valence-electron chi connectivity index (χ2n) is 9.27. The number of benzene rings is 2. The Hall–Kier alpha value is -2.19. The van der Waals surface area contributed by atoms with Gasteiger partial charge in [-0.05, 0) is 74.9 Å². The molecule has 0 bridgehead atoms. The zero-order chi connectivity index (χ0) is 24.5. The molecule has 4 rings (SSSR count). The molecule has 1 radical (unpaired) electrons. The van der Waals surface area contributed by atoms with Gasteiger partial charge in [0.25, 0.3) is 7.41 Å². The highest BCUT2D eigenvalue weighted by Crippen LogP contribution is 2.40. The quantitative estimate of drug-likeness (QED) is 0.468. The van der Waals surface area contributed by atoms with Crippen LogP contribution in [0.2, 0.25) is 11.8 Å². The first-order valence-electron chi connectivity index (χ1n) is 11.5. The summed E-state index contributed by atoms with van der Waals surface area (Å²) in [5.41, 5.74) is 0.892. The smallest absolute Gasteiger partial charge is 0.412 e. The van der Waals surface area contributed by atoms with E-state index in [9.17, 15) is 24.1 Å². The third kappa shape index (κ3) is 5.08. The molecule has 6 nitrogen and oxygen atoms in total. The molecule has 2 saturated heterocycles. The van der Waals surface area contributed by atoms with Crippen molar-refractivity contribution in [3.05, 3.63) is 58.9 Å². The average molecular weight is 484 g/mol. The van der Waals surface area contributed by atoms with E-state index in [1.807, 2.05) is 29.1 Å². The van der Waals surface area contributed by atoms with Crippen LogP contribution in [0.1, 0.15) is 24.8 Å². The number of hydrogen-bond donors (Lipinski definition) is 2. The Kier molecular flexibility index (Phi) is 7.48. The van der Waals surface area contributed by atoms with Crippen LogP contribution in [0.4, 0.5) is 4.39 Å². The first kappa shape index (κ1) is 24.9. The van der Waals surface area contributed by atoms with Crippen molar-refractivity contribution in [2.45, 2.75) is 44.1 Å². The SMILES string of the molecule is CB(O)N1C(=O)C(C2(O)CCN([B]C=O)CC2)C[C@H]1Cc1ccc(-c2cc(Cl)ccc2F)cc1. The van der Waals surface area contributed by atoms with Crippen molar-refractivity contribution >= 4 is 38.2 Å². The summed E-state index contributed by atoms with van der Waals surface area (Å²) in [6.07, 6.45) is 2.43. The highest BCUT2D eigenvalue weighted by Gasteiger charge is 2.52. The van der Waals surface area contributed by atoms with Crippen LogP contribution in [-0.4, -0.2) is 71.0 Å². The van der Waals surface area contributed by atoms with Gasteiger partial charge in [0, 0.05) is 16.6 Å². The number of carbonyl (C=O) groups excluding carboxylic acids is 2. The monoisotopic (exact) mass is 483 g/mol. The lowest BCUT2D eigenvalue weighted by atomic mass is 9.75. The van der Waals surface area contributed by atoms with E-state index in [1.54, 1.807) is 12.9 Å². The lowest BCUT2D eigenvalue weighted by Crippen LogP contribution is -2.53. The largest absolute Gasteiger partial charge is 0.432 e. The predicted molar refractivity (Wildman–Crippen MR) is 131 cm³/mol. The van der Waals surface area contributed by atoms with E-state index in [-0.39, 0.29) is 17.8 Å². The van der Waals surface area contributed by atoms with Gasteiger partial charge in [-0.15, -0.1) is 0 Å². The van der Waals surface area contributed by atoms with E-state index in [0.29, 0.717) is 54.9 Å². The Morgan fingerprint density at radius 2 is 1.91 bits per heavy atom. The fourth-order valence-electron chi connectivity index (χ4n) is 5.27. The maximum absolute atomic E-state index is 14.2. The molecular weight excluding hydrogens is 456 g/mol. The van der Waals surface area contributed by atoms with Crippen LogP contribution < -0.4 is 0 Å². The molecule has 10 heteroatoms. The minimum atomic E-state index is -1.17. The molecule has 1 unspecified atom stereocenters. The third-order valence-electron chi connectivity index (χ3n) is 7.11. The molecule has 2 aliphatic rings. The fraction of sp³-hybridized carbons (Fsp3) is 0.417. The standard InChI is InChI=1S/C24H27B2ClFN2O4/c1-26(34)30-19(14-21(23(30)32)24(33)8-10-29(11-9-24)25-15-31)12-16-2-4-17(5-3-16)20-13-18(27)6-7-22(20)28/h2-7,13,15,19,21,33-34H,8-12,14H2,1H3/t19-,21?/m1/s1. The molecule has 2 N–H and O–H groups in total. The van der Waals surface area contributed by atoms with Gasteiger partial charge in [-0.3, -0.25) is 4.79 Å². The van der Waals surface area contributed by atoms with Crippen LogP contribution in [0.5, 0.6) is 0 Å². The Balaban J connectivity index is 1.49. The van der Waals surface area contributed by atoms with Crippen LogP contribution in [0.15, 0.2) is 42.5 Å². The van der Waals surface area contributed by atoms with Crippen molar-refractivity contribution in [3.8, 4) is 11.1 Å². The molecule has 2 fully saturated rings. The van der Waals surface area contributed by atoms with E-state index < -0.39 is 18.6 Å². The number of hydrogen-bond acceptors (Lipinski definition) is 5. The number of carbonyl (C=O) groups is 2. The molecule has 1 amide bonds. The van der Waals surface area contributed by atoms with Crippen molar-refractivity contribution in [3.63, 3.8) is 0 Å².